The minimum atomic E-state index is -4.92. The van der Waals surface area contributed by atoms with Gasteiger partial charge in [0.25, 0.3) is 10.1 Å². The summed E-state index contributed by atoms with van der Waals surface area (Å²) >= 11 is 0. The number of benzene rings is 2. The molecule has 0 unspecified atom stereocenters. The number of carbonyl (C=O) groups is 2. The van der Waals surface area contributed by atoms with Gasteiger partial charge in [-0.2, -0.15) is 8.42 Å². The first kappa shape index (κ1) is 21.4. The lowest BCUT2D eigenvalue weighted by molar-refractivity contribution is 0.0980. The van der Waals surface area contributed by atoms with Crippen LogP contribution in [0.25, 0.3) is 0 Å². The van der Waals surface area contributed by atoms with Crippen LogP contribution in [0.1, 0.15) is 45.7 Å². The molecule has 0 atom stereocenters. The van der Waals surface area contributed by atoms with E-state index in [2.05, 4.69) is 0 Å². The fourth-order valence-electron chi connectivity index (χ4n) is 3.22. The number of hydrogen-bond donors (Lipinski definition) is 2. The molecule has 11 heteroatoms. The van der Waals surface area contributed by atoms with Crippen molar-refractivity contribution in [1.82, 2.24) is 0 Å². The number of hydrogen-bond acceptors (Lipinski definition) is 8. The van der Waals surface area contributed by atoms with Crippen LogP contribution in [0, 0.1) is 0 Å². The molecular formula is C18H18NO8PS. The standard InChI is InChI=1S/C18H18NO8PS/c1-3-26-28(22,27-4-2)12-9-13(29(23,24)25)16(19)15-14(12)17(20)10-7-5-6-8-11(10)18(15)21/h5-9H,3-4,19H2,1-2H3,(H,23,24,25). The second-order valence-corrected chi connectivity index (χ2v) is 9.45. The summed E-state index contributed by atoms with van der Waals surface area (Å²) in [4.78, 5) is 25.4. The normalized spacial score (nSPS) is 13.9. The molecule has 0 radical (unpaired) electrons. The number of carbonyl (C=O) groups excluding carboxylic acids is 2. The molecule has 0 aromatic heterocycles. The Morgan fingerprint density at radius 3 is 1.93 bits per heavy atom. The lowest BCUT2D eigenvalue weighted by Gasteiger charge is -2.26. The van der Waals surface area contributed by atoms with Crippen molar-refractivity contribution in [3.63, 3.8) is 0 Å². The highest BCUT2D eigenvalue weighted by molar-refractivity contribution is 7.86. The zero-order chi connectivity index (χ0) is 21.6. The van der Waals surface area contributed by atoms with Crippen LogP contribution in [-0.4, -0.2) is 37.8 Å². The van der Waals surface area contributed by atoms with Gasteiger partial charge >= 0.3 is 7.60 Å². The number of fused-ring (bicyclic) bond motifs is 2. The van der Waals surface area contributed by atoms with E-state index in [1.807, 2.05) is 0 Å². The van der Waals surface area contributed by atoms with Gasteiger partial charge in [0.1, 0.15) is 4.90 Å². The molecule has 0 saturated heterocycles. The minimum Gasteiger partial charge on any atom is -0.397 e. The monoisotopic (exact) mass is 439 g/mol. The summed E-state index contributed by atoms with van der Waals surface area (Å²) in [6.45, 7) is 2.88. The Labute approximate surface area is 167 Å². The molecule has 3 rings (SSSR count). The third kappa shape index (κ3) is 3.43. The summed E-state index contributed by atoms with van der Waals surface area (Å²) in [6.07, 6.45) is 0. The Bertz CT molecular complexity index is 1180. The fraction of sp³-hybridized carbons (Fsp3) is 0.222. The maximum Gasteiger partial charge on any atom is 0.362 e. The molecular weight excluding hydrogens is 421 g/mol. The van der Waals surface area contributed by atoms with Crippen LogP contribution >= 0.6 is 7.60 Å². The van der Waals surface area contributed by atoms with E-state index in [1.54, 1.807) is 6.07 Å². The molecule has 154 valence electrons. The van der Waals surface area contributed by atoms with Gasteiger partial charge in [0.15, 0.2) is 11.6 Å². The van der Waals surface area contributed by atoms with Crippen molar-refractivity contribution in [2.75, 3.05) is 18.9 Å². The fourth-order valence-corrected chi connectivity index (χ4v) is 5.76. The topological polar surface area (TPSA) is 150 Å². The average molecular weight is 439 g/mol. The predicted molar refractivity (Wildman–Crippen MR) is 104 cm³/mol. The molecule has 2 aromatic carbocycles. The van der Waals surface area contributed by atoms with Crippen LogP contribution in [0.5, 0.6) is 0 Å². The maximum absolute atomic E-state index is 13.4. The Kier molecular flexibility index (Phi) is 5.50. The molecule has 0 spiro atoms. The molecule has 29 heavy (non-hydrogen) atoms. The van der Waals surface area contributed by atoms with E-state index in [0.29, 0.717) is 0 Å². The van der Waals surface area contributed by atoms with Crippen LogP contribution in [0.15, 0.2) is 35.2 Å². The number of nitrogen functional groups attached to an aromatic ring is 1. The predicted octanol–water partition coefficient (Wildman–Crippen LogP) is 2.18. The van der Waals surface area contributed by atoms with Gasteiger partial charge in [0.2, 0.25) is 0 Å². The number of rotatable bonds is 6. The van der Waals surface area contributed by atoms with Gasteiger partial charge in [0, 0.05) is 11.1 Å². The SMILES string of the molecule is CCOP(=O)(OCC)c1cc(S(=O)(=O)O)c(N)c2c1C(=O)c1ccccc1C2=O. The van der Waals surface area contributed by atoms with Crippen molar-refractivity contribution < 1.29 is 36.2 Å². The van der Waals surface area contributed by atoms with Gasteiger partial charge in [-0.15, -0.1) is 0 Å². The molecule has 1 aliphatic carbocycles. The van der Waals surface area contributed by atoms with Crippen molar-refractivity contribution in [2.45, 2.75) is 18.7 Å². The molecule has 0 saturated carbocycles. The average Bonchev–Trinajstić information content (AvgIpc) is 2.65. The van der Waals surface area contributed by atoms with Crippen molar-refractivity contribution >= 4 is 40.3 Å². The second kappa shape index (κ2) is 7.47. The van der Waals surface area contributed by atoms with Crippen molar-refractivity contribution in [1.29, 1.82) is 0 Å². The lowest BCUT2D eigenvalue weighted by atomic mass is 9.83. The first-order valence-electron chi connectivity index (χ1n) is 8.58. The Balaban J connectivity index is 2.49. The molecule has 0 fully saturated rings. The highest BCUT2D eigenvalue weighted by atomic mass is 32.2. The van der Waals surface area contributed by atoms with Crippen LogP contribution < -0.4 is 11.0 Å². The van der Waals surface area contributed by atoms with E-state index in [0.717, 1.165) is 6.07 Å². The lowest BCUT2D eigenvalue weighted by Crippen LogP contribution is -2.31. The summed E-state index contributed by atoms with van der Waals surface area (Å²) in [5, 5.41) is -0.439. The zero-order valence-corrected chi connectivity index (χ0v) is 17.2. The summed E-state index contributed by atoms with van der Waals surface area (Å²) in [5.74, 6) is -1.42. The molecule has 0 heterocycles. The van der Waals surface area contributed by atoms with Gasteiger partial charge < -0.3 is 14.8 Å². The number of ketones is 2. The minimum absolute atomic E-state index is 0.0118. The molecule has 2 aromatic rings. The number of anilines is 1. The van der Waals surface area contributed by atoms with E-state index in [1.165, 1.54) is 32.0 Å². The molecule has 0 aliphatic heterocycles. The van der Waals surface area contributed by atoms with Crippen LogP contribution in [0.4, 0.5) is 5.69 Å². The van der Waals surface area contributed by atoms with E-state index < -0.39 is 50.7 Å². The zero-order valence-electron chi connectivity index (χ0n) is 15.5. The smallest absolute Gasteiger partial charge is 0.362 e. The molecule has 0 amide bonds. The number of nitrogens with two attached hydrogens (primary N) is 1. The van der Waals surface area contributed by atoms with Gasteiger partial charge in [-0.1, -0.05) is 24.3 Å². The van der Waals surface area contributed by atoms with Crippen LogP contribution in [0.2, 0.25) is 0 Å². The Hall–Kier alpha value is -2.36. The Morgan fingerprint density at radius 1 is 1.00 bits per heavy atom. The van der Waals surface area contributed by atoms with Gasteiger partial charge in [0.05, 0.1) is 35.3 Å². The van der Waals surface area contributed by atoms with Crippen LogP contribution in [-0.2, 0) is 23.7 Å². The van der Waals surface area contributed by atoms with Gasteiger partial charge in [-0.05, 0) is 19.9 Å². The van der Waals surface area contributed by atoms with E-state index in [-0.39, 0.29) is 29.9 Å². The highest BCUT2D eigenvalue weighted by Crippen LogP contribution is 2.50. The van der Waals surface area contributed by atoms with E-state index >= 15 is 0 Å². The summed E-state index contributed by atoms with van der Waals surface area (Å²) in [5.41, 5.74) is 4.50. The van der Waals surface area contributed by atoms with E-state index in [4.69, 9.17) is 14.8 Å². The Morgan fingerprint density at radius 2 is 1.48 bits per heavy atom. The highest BCUT2D eigenvalue weighted by Gasteiger charge is 2.42. The second-order valence-electron chi connectivity index (χ2n) is 6.07. The largest absolute Gasteiger partial charge is 0.397 e. The summed E-state index contributed by atoms with van der Waals surface area (Å²) in [6, 6.07) is 6.66. The molecule has 9 nitrogen and oxygen atoms in total. The van der Waals surface area contributed by atoms with Crippen molar-refractivity contribution in [2.24, 2.45) is 0 Å². The molecule has 0 bridgehead atoms. The van der Waals surface area contributed by atoms with Crippen molar-refractivity contribution in [3.8, 4) is 0 Å². The third-order valence-corrected chi connectivity index (χ3v) is 7.38. The van der Waals surface area contributed by atoms with Gasteiger partial charge in [-0.3, -0.25) is 18.7 Å². The van der Waals surface area contributed by atoms with Gasteiger partial charge in [-0.25, -0.2) is 0 Å². The first-order valence-corrected chi connectivity index (χ1v) is 11.6. The van der Waals surface area contributed by atoms with E-state index in [9.17, 15) is 27.1 Å². The first-order chi connectivity index (χ1) is 13.6. The van der Waals surface area contributed by atoms with Crippen LogP contribution in [0.3, 0.4) is 0 Å². The quantitative estimate of drug-likeness (QED) is 0.335. The molecule has 3 N–H and O–H groups in total. The van der Waals surface area contributed by atoms with Crippen molar-refractivity contribution in [3.05, 3.63) is 52.6 Å². The summed E-state index contributed by atoms with van der Waals surface area (Å²) < 4.78 is 57.3. The summed E-state index contributed by atoms with van der Waals surface area (Å²) in [7, 11) is -9.15. The molecule has 1 aliphatic rings. The third-order valence-electron chi connectivity index (χ3n) is 4.35. The maximum atomic E-state index is 13.4.